The molecule has 0 saturated carbocycles. The Morgan fingerprint density at radius 3 is 2.71 bits per heavy atom. The summed E-state index contributed by atoms with van der Waals surface area (Å²) in [6, 6.07) is 5.49. The van der Waals surface area contributed by atoms with Crippen LogP contribution >= 0.6 is 11.6 Å². The number of esters is 1. The Kier molecular flexibility index (Phi) is 6.99. The van der Waals surface area contributed by atoms with Gasteiger partial charge in [0.25, 0.3) is 0 Å². The van der Waals surface area contributed by atoms with Crippen LogP contribution in [0.5, 0.6) is 5.75 Å². The third kappa shape index (κ3) is 5.56. The molecule has 1 rings (SSSR count). The number of nitrogens with one attached hydrogen (secondary N) is 1. The molecule has 1 aromatic carbocycles. The molecule has 1 aromatic rings. The summed E-state index contributed by atoms with van der Waals surface area (Å²) in [7, 11) is 1.38. The van der Waals surface area contributed by atoms with Crippen LogP contribution in [0.15, 0.2) is 18.2 Å². The first-order valence-corrected chi connectivity index (χ1v) is 7.49. The van der Waals surface area contributed by atoms with E-state index in [9.17, 15) is 4.79 Å². The monoisotopic (exact) mass is 313 g/mol. The highest BCUT2D eigenvalue weighted by Gasteiger charge is 2.30. The third-order valence-corrected chi connectivity index (χ3v) is 3.33. The molecule has 0 atom stereocenters. The molecule has 0 unspecified atom stereocenters. The number of carbonyl (C=O) groups is 1. The van der Waals surface area contributed by atoms with Crippen LogP contribution in [-0.2, 0) is 16.1 Å². The van der Waals surface area contributed by atoms with Crippen molar-refractivity contribution in [1.29, 1.82) is 0 Å². The molecule has 0 aliphatic heterocycles. The van der Waals surface area contributed by atoms with E-state index in [1.54, 1.807) is 19.9 Å². The zero-order valence-corrected chi connectivity index (χ0v) is 13.9. The lowest BCUT2D eigenvalue weighted by molar-refractivity contribution is -0.152. The Morgan fingerprint density at radius 1 is 1.38 bits per heavy atom. The maximum Gasteiger partial charge on any atom is 0.314 e. The lowest BCUT2D eigenvalue weighted by Crippen LogP contribution is -2.32. The van der Waals surface area contributed by atoms with Crippen molar-refractivity contribution >= 4 is 17.6 Å². The van der Waals surface area contributed by atoms with Crippen molar-refractivity contribution in [2.75, 3.05) is 20.3 Å². The van der Waals surface area contributed by atoms with Gasteiger partial charge < -0.3 is 14.8 Å². The molecule has 4 nitrogen and oxygen atoms in total. The van der Waals surface area contributed by atoms with Crippen LogP contribution in [0, 0.1) is 5.41 Å². The molecule has 0 aliphatic carbocycles. The Balaban J connectivity index is 2.75. The number of benzene rings is 1. The minimum absolute atomic E-state index is 0.252. The maximum atomic E-state index is 11.7. The van der Waals surface area contributed by atoms with Crippen LogP contribution in [0.1, 0.15) is 32.8 Å². The minimum atomic E-state index is -0.692. The van der Waals surface area contributed by atoms with Gasteiger partial charge in [-0.05, 0) is 45.0 Å². The number of hydrogen-bond acceptors (Lipinski definition) is 4. The number of ether oxygens (including phenoxy) is 2. The molecule has 0 aliphatic rings. The van der Waals surface area contributed by atoms with Crippen molar-refractivity contribution in [3.05, 3.63) is 28.8 Å². The minimum Gasteiger partial charge on any atom is -0.492 e. The quantitative estimate of drug-likeness (QED) is 0.590. The topological polar surface area (TPSA) is 47.6 Å². The highest BCUT2D eigenvalue weighted by Crippen LogP contribution is 2.26. The number of rotatable bonds is 8. The Labute approximate surface area is 131 Å². The van der Waals surface area contributed by atoms with Crippen LogP contribution in [0.3, 0.4) is 0 Å². The smallest absolute Gasteiger partial charge is 0.314 e. The van der Waals surface area contributed by atoms with Crippen LogP contribution in [0.25, 0.3) is 0 Å². The molecule has 0 fully saturated rings. The van der Waals surface area contributed by atoms with E-state index < -0.39 is 5.41 Å². The lowest BCUT2D eigenvalue weighted by Gasteiger charge is -2.22. The van der Waals surface area contributed by atoms with E-state index in [0.29, 0.717) is 11.6 Å². The Bertz CT molecular complexity index is 475. The summed E-state index contributed by atoms with van der Waals surface area (Å²) >= 11 is 6.04. The van der Waals surface area contributed by atoms with Crippen molar-refractivity contribution in [1.82, 2.24) is 5.32 Å². The van der Waals surface area contributed by atoms with E-state index in [-0.39, 0.29) is 12.6 Å². The highest BCUT2D eigenvalue weighted by molar-refractivity contribution is 6.30. The lowest BCUT2D eigenvalue weighted by atomic mass is 9.95. The van der Waals surface area contributed by atoms with Gasteiger partial charge in [-0.15, -0.1) is 0 Å². The molecule has 118 valence electrons. The van der Waals surface area contributed by atoms with Gasteiger partial charge in [0.15, 0.2) is 0 Å². The zero-order valence-electron chi connectivity index (χ0n) is 13.2. The van der Waals surface area contributed by atoms with E-state index in [1.165, 1.54) is 7.11 Å². The summed E-state index contributed by atoms with van der Waals surface area (Å²) in [5, 5.41) is 3.99. The molecular formula is C16H24ClNO3. The van der Waals surface area contributed by atoms with Gasteiger partial charge >= 0.3 is 5.97 Å². The molecule has 0 aromatic heterocycles. The third-order valence-electron chi connectivity index (χ3n) is 3.09. The average molecular weight is 314 g/mol. The van der Waals surface area contributed by atoms with Gasteiger partial charge in [-0.3, -0.25) is 4.79 Å². The second-order valence-corrected chi connectivity index (χ2v) is 6.03. The van der Waals surface area contributed by atoms with E-state index >= 15 is 0 Å². The largest absolute Gasteiger partial charge is 0.492 e. The van der Waals surface area contributed by atoms with Gasteiger partial charge in [0.05, 0.1) is 12.5 Å². The van der Waals surface area contributed by atoms with Crippen molar-refractivity contribution in [2.45, 2.75) is 33.7 Å². The van der Waals surface area contributed by atoms with Crippen LogP contribution in [0.2, 0.25) is 5.02 Å². The standard InChI is InChI=1S/C16H24ClNO3/c1-5-8-18-10-12-9-13(17)6-7-14(12)21-11-16(2,3)15(19)20-4/h6-7,9,18H,5,8,10-11H2,1-4H3. The summed E-state index contributed by atoms with van der Waals surface area (Å²) in [6.45, 7) is 7.57. The van der Waals surface area contributed by atoms with E-state index in [4.69, 9.17) is 21.1 Å². The summed E-state index contributed by atoms with van der Waals surface area (Å²) in [5.74, 6) is 0.446. The summed E-state index contributed by atoms with van der Waals surface area (Å²) in [4.78, 5) is 11.7. The van der Waals surface area contributed by atoms with Crippen molar-refractivity contribution < 1.29 is 14.3 Å². The molecule has 21 heavy (non-hydrogen) atoms. The second kappa shape index (κ2) is 8.25. The van der Waals surface area contributed by atoms with E-state index in [1.807, 2.05) is 12.1 Å². The first-order valence-electron chi connectivity index (χ1n) is 7.11. The molecule has 0 amide bonds. The van der Waals surface area contributed by atoms with Crippen LogP contribution < -0.4 is 10.1 Å². The van der Waals surface area contributed by atoms with Crippen molar-refractivity contribution in [3.8, 4) is 5.75 Å². The van der Waals surface area contributed by atoms with Crippen molar-refractivity contribution in [3.63, 3.8) is 0 Å². The molecule has 0 saturated heterocycles. The fourth-order valence-electron chi connectivity index (χ4n) is 1.82. The molecular weight excluding hydrogens is 290 g/mol. The number of hydrogen-bond donors (Lipinski definition) is 1. The summed E-state index contributed by atoms with van der Waals surface area (Å²) < 4.78 is 10.6. The molecule has 0 bridgehead atoms. The predicted molar refractivity (Wildman–Crippen MR) is 84.7 cm³/mol. The SMILES string of the molecule is CCCNCc1cc(Cl)ccc1OCC(C)(C)C(=O)OC. The molecule has 5 heteroatoms. The van der Waals surface area contributed by atoms with Gasteiger partial charge in [0, 0.05) is 17.1 Å². The molecule has 0 spiro atoms. The number of methoxy groups -OCH3 is 1. The zero-order chi connectivity index (χ0) is 15.9. The average Bonchev–Trinajstić information content (AvgIpc) is 2.45. The number of halogens is 1. The van der Waals surface area contributed by atoms with E-state index in [2.05, 4.69) is 12.2 Å². The summed E-state index contributed by atoms with van der Waals surface area (Å²) in [6.07, 6.45) is 1.06. The molecule has 1 N–H and O–H groups in total. The fraction of sp³-hybridized carbons (Fsp3) is 0.562. The van der Waals surface area contributed by atoms with Gasteiger partial charge in [-0.1, -0.05) is 18.5 Å². The molecule has 0 heterocycles. The molecule has 0 radical (unpaired) electrons. The predicted octanol–water partition coefficient (Wildman–Crippen LogP) is 3.42. The van der Waals surface area contributed by atoms with Crippen LogP contribution in [0.4, 0.5) is 0 Å². The Hall–Kier alpha value is -1.26. The maximum absolute atomic E-state index is 11.7. The first kappa shape index (κ1) is 17.8. The van der Waals surface area contributed by atoms with Gasteiger partial charge in [-0.25, -0.2) is 0 Å². The van der Waals surface area contributed by atoms with Crippen LogP contribution in [-0.4, -0.2) is 26.2 Å². The van der Waals surface area contributed by atoms with Gasteiger partial charge in [-0.2, -0.15) is 0 Å². The van der Waals surface area contributed by atoms with Gasteiger partial charge in [0.1, 0.15) is 12.4 Å². The second-order valence-electron chi connectivity index (χ2n) is 5.59. The fourth-order valence-corrected chi connectivity index (χ4v) is 2.01. The number of carbonyl (C=O) groups excluding carboxylic acids is 1. The first-order chi connectivity index (χ1) is 9.90. The van der Waals surface area contributed by atoms with Gasteiger partial charge in [0.2, 0.25) is 0 Å². The van der Waals surface area contributed by atoms with Crippen molar-refractivity contribution in [2.24, 2.45) is 5.41 Å². The Morgan fingerprint density at radius 2 is 2.10 bits per heavy atom. The van der Waals surface area contributed by atoms with E-state index in [0.717, 1.165) is 24.3 Å². The highest BCUT2D eigenvalue weighted by atomic mass is 35.5. The normalized spacial score (nSPS) is 11.3. The summed E-state index contributed by atoms with van der Waals surface area (Å²) in [5.41, 5.74) is 0.291.